The number of rotatable bonds is 2. The van der Waals surface area contributed by atoms with E-state index in [0.29, 0.717) is 6.07 Å². The van der Waals surface area contributed by atoms with E-state index in [1.54, 1.807) is 0 Å². The van der Waals surface area contributed by atoms with Gasteiger partial charge in [0, 0.05) is 18.3 Å². The third-order valence-corrected chi connectivity index (χ3v) is 2.29. The fourth-order valence-electron chi connectivity index (χ4n) is 1.48. The maximum absolute atomic E-state index is 12.7. The topological polar surface area (TPSA) is 12.0 Å². The van der Waals surface area contributed by atoms with Crippen molar-refractivity contribution >= 4 is 11.8 Å². The van der Waals surface area contributed by atoms with Crippen LogP contribution in [-0.4, -0.2) is 7.05 Å². The first kappa shape index (κ1) is 14.4. The maximum atomic E-state index is 12.7. The summed E-state index contributed by atoms with van der Waals surface area (Å²) in [4.78, 5) is 0. The second-order valence-corrected chi connectivity index (χ2v) is 3.43. The summed E-state index contributed by atoms with van der Waals surface area (Å²) in [6.07, 6.45) is -8.85. The molecule has 0 aromatic heterocycles. The molecule has 0 aliphatic carbocycles. The van der Waals surface area contributed by atoms with Crippen molar-refractivity contribution < 1.29 is 26.3 Å². The third kappa shape index (κ3) is 2.77. The van der Waals surface area contributed by atoms with Crippen LogP contribution in [0.4, 0.5) is 32.0 Å². The second kappa shape index (κ2) is 4.55. The molecule has 0 aliphatic rings. The van der Waals surface area contributed by atoms with Crippen molar-refractivity contribution in [2.75, 3.05) is 12.4 Å². The minimum absolute atomic E-state index is 0.0812. The van der Waals surface area contributed by atoms with Crippen LogP contribution in [0.2, 0.25) is 0 Å². The highest BCUT2D eigenvalue weighted by molar-refractivity contribution is 5.70. The lowest BCUT2D eigenvalue weighted by atomic mass is 10.0. The van der Waals surface area contributed by atoms with Crippen LogP contribution >= 0.6 is 0 Å². The van der Waals surface area contributed by atoms with Crippen LogP contribution in [0, 0.1) is 0 Å². The molecule has 100 valence electrons. The molecule has 0 heterocycles. The molecule has 0 bridgehead atoms. The van der Waals surface area contributed by atoms with Gasteiger partial charge in [-0.25, -0.2) is 0 Å². The molecule has 0 saturated heterocycles. The molecular weight excluding hydrogens is 260 g/mol. The predicted octanol–water partition coefficient (Wildman–Crippen LogP) is 4.41. The summed E-state index contributed by atoms with van der Waals surface area (Å²) >= 11 is 0. The summed E-state index contributed by atoms with van der Waals surface area (Å²) in [6, 6.07) is 0.699. The summed E-state index contributed by atoms with van der Waals surface area (Å²) in [6.45, 7) is 3.18. The van der Waals surface area contributed by atoms with Crippen molar-refractivity contribution in [1.82, 2.24) is 0 Å². The van der Waals surface area contributed by atoms with E-state index >= 15 is 0 Å². The monoisotopic (exact) mass is 269 g/mol. The molecule has 1 N–H and O–H groups in total. The van der Waals surface area contributed by atoms with Gasteiger partial charge in [0.05, 0.1) is 11.1 Å². The highest BCUT2D eigenvalue weighted by Gasteiger charge is 2.38. The zero-order valence-corrected chi connectivity index (χ0v) is 9.21. The van der Waals surface area contributed by atoms with Gasteiger partial charge in [0.1, 0.15) is 0 Å². The molecule has 1 nitrogen and oxygen atoms in total. The first-order chi connectivity index (χ1) is 8.11. The normalized spacial score (nSPS) is 12.4. The Bertz CT molecular complexity index is 458. The lowest BCUT2D eigenvalue weighted by Crippen LogP contribution is -2.14. The number of halogens is 6. The largest absolute Gasteiger partial charge is 0.417 e. The van der Waals surface area contributed by atoms with E-state index in [9.17, 15) is 26.3 Å². The molecule has 0 amide bonds. The van der Waals surface area contributed by atoms with Crippen LogP contribution in [-0.2, 0) is 12.4 Å². The Morgan fingerprint density at radius 1 is 1.06 bits per heavy atom. The number of nitrogens with one attached hydrogen (secondary N) is 1. The molecule has 18 heavy (non-hydrogen) atoms. The van der Waals surface area contributed by atoms with Gasteiger partial charge in [-0.2, -0.15) is 26.3 Å². The molecule has 0 spiro atoms. The fraction of sp³-hybridized carbons (Fsp3) is 0.273. The van der Waals surface area contributed by atoms with Gasteiger partial charge in [-0.15, -0.1) is 0 Å². The SMILES string of the molecule is C=Cc1c(NC)cc(C(F)(F)F)cc1C(F)(F)F. The summed E-state index contributed by atoms with van der Waals surface area (Å²) in [5.74, 6) is 0. The summed E-state index contributed by atoms with van der Waals surface area (Å²) in [7, 11) is 1.24. The quantitative estimate of drug-likeness (QED) is 0.784. The molecule has 1 rings (SSSR count). The van der Waals surface area contributed by atoms with Crippen molar-refractivity contribution in [1.29, 1.82) is 0 Å². The van der Waals surface area contributed by atoms with Gasteiger partial charge in [-0.1, -0.05) is 12.7 Å². The highest BCUT2D eigenvalue weighted by Crippen LogP contribution is 2.40. The van der Waals surface area contributed by atoms with Gasteiger partial charge >= 0.3 is 12.4 Å². The Hall–Kier alpha value is -1.66. The molecule has 0 fully saturated rings. The zero-order valence-electron chi connectivity index (χ0n) is 9.21. The Balaban J connectivity index is 3.62. The van der Waals surface area contributed by atoms with Crippen LogP contribution in [0.3, 0.4) is 0 Å². The van der Waals surface area contributed by atoms with Crippen molar-refractivity contribution in [3.05, 3.63) is 35.4 Å². The summed E-state index contributed by atoms with van der Waals surface area (Å²) in [5, 5.41) is 2.30. The molecule has 0 aliphatic heterocycles. The fourth-order valence-corrected chi connectivity index (χ4v) is 1.48. The first-order valence-electron chi connectivity index (χ1n) is 4.74. The average Bonchev–Trinajstić information content (AvgIpc) is 2.24. The van der Waals surface area contributed by atoms with Gasteiger partial charge in [0.15, 0.2) is 0 Å². The smallest absolute Gasteiger partial charge is 0.388 e. The Labute approximate surface area is 99.1 Å². The highest BCUT2D eigenvalue weighted by atomic mass is 19.4. The number of hydrogen-bond donors (Lipinski definition) is 1. The number of alkyl halides is 6. The van der Waals surface area contributed by atoms with Gasteiger partial charge in [-0.05, 0) is 12.1 Å². The van der Waals surface area contributed by atoms with E-state index in [4.69, 9.17) is 0 Å². The minimum atomic E-state index is -4.88. The molecule has 0 saturated carbocycles. The summed E-state index contributed by atoms with van der Waals surface area (Å²) < 4.78 is 75.5. The standard InChI is InChI=1S/C11H9F6N/c1-3-7-8(11(15,16)17)4-6(10(12,13)14)5-9(7)18-2/h3-5,18H,1H2,2H3. The van der Waals surface area contributed by atoms with Crippen LogP contribution in [0.1, 0.15) is 16.7 Å². The van der Waals surface area contributed by atoms with Crippen molar-refractivity contribution in [2.45, 2.75) is 12.4 Å². The number of anilines is 1. The van der Waals surface area contributed by atoms with Gasteiger partial charge in [-0.3, -0.25) is 0 Å². The number of hydrogen-bond acceptors (Lipinski definition) is 1. The van der Waals surface area contributed by atoms with Gasteiger partial charge < -0.3 is 5.32 Å². The molecule has 7 heteroatoms. The molecule has 1 aromatic carbocycles. The Kier molecular flexibility index (Phi) is 3.64. The van der Waals surface area contributed by atoms with E-state index in [1.165, 1.54) is 7.05 Å². The van der Waals surface area contributed by atoms with E-state index in [0.717, 1.165) is 6.08 Å². The van der Waals surface area contributed by atoms with Crippen molar-refractivity contribution in [2.24, 2.45) is 0 Å². The van der Waals surface area contributed by atoms with Crippen molar-refractivity contribution in [3.8, 4) is 0 Å². The van der Waals surface area contributed by atoms with E-state index in [1.807, 2.05) is 0 Å². The average molecular weight is 269 g/mol. The third-order valence-electron chi connectivity index (χ3n) is 2.29. The van der Waals surface area contributed by atoms with Crippen LogP contribution in [0.25, 0.3) is 6.08 Å². The van der Waals surface area contributed by atoms with Crippen molar-refractivity contribution in [3.63, 3.8) is 0 Å². The summed E-state index contributed by atoms with van der Waals surface area (Å²) in [5.41, 5.74) is -3.40. The molecule has 0 unspecified atom stereocenters. The first-order valence-corrected chi connectivity index (χ1v) is 4.74. The molecule has 0 radical (unpaired) electrons. The lowest BCUT2D eigenvalue weighted by Gasteiger charge is -2.17. The van der Waals surface area contributed by atoms with Gasteiger partial charge in [0.2, 0.25) is 0 Å². The maximum Gasteiger partial charge on any atom is 0.417 e. The molecule has 0 atom stereocenters. The number of benzene rings is 1. The van der Waals surface area contributed by atoms with Crippen LogP contribution in [0.15, 0.2) is 18.7 Å². The molecule has 1 aromatic rings. The van der Waals surface area contributed by atoms with Crippen LogP contribution in [0.5, 0.6) is 0 Å². The zero-order chi connectivity index (χ0) is 14.1. The lowest BCUT2D eigenvalue weighted by molar-refractivity contribution is -0.143. The molecular formula is C11H9F6N. The van der Waals surface area contributed by atoms with E-state index in [-0.39, 0.29) is 11.8 Å². The van der Waals surface area contributed by atoms with E-state index < -0.39 is 29.0 Å². The Morgan fingerprint density at radius 3 is 1.94 bits per heavy atom. The minimum Gasteiger partial charge on any atom is -0.388 e. The van der Waals surface area contributed by atoms with Gasteiger partial charge in [0.25, 0.3) is 0 Å². The predicted molar refractivity (Wildman–Crippen MR) is 56.1 cm³/mol. The van der Waals surface area contributed by atoms with E-state index in [2.05, 4.69) is 11.9 Å². The second-order valence-electron chi connectivity index (χ2n) is 3.43. The van der Waals surface area contributed by atoms with Crippen LogP contribution < -0.4 is 5.32 Å². The Morgan fingerprint density at radius 2 is 1.61 bits per heavy atom.